The summed E-state index contributed by atoms with van der Waals surface area (Å²) in [6.07, 6.45) is 2.70. The zero-order valence-electron chi connectivity index (χ0n) is 9.35. The average molecular weight is 236 g/mol. The summed E-state index contributed by atoms with van der Waals surface area (Å²) in [5.74, 6) is -0.0710. The topological polar surface area (TPSA) is 37.3 Å². The molecule has 0 aromatic heterocycles. The molecular weight excluding hydrogens is 220 g/mol. The van der Waals surface area contributed by atoms with Crippen LogP contribution >= 0.6 is 11.8 Å². The van der Waals surface area contributed by atoms with Gasteiger partial charge in [-0.3, -0.25) is 4.79 Å². The van der Waals surface area contributed by atoms with Crippen LogP contribution in [-0.4, -0.2) is 15.8 Å². The number of hydrogen-bond acceptors (Lipinski definition) is 2. The van der Waals surface area contributed by atoms with Crippen LogP contribution < -0.4 is 0 Å². The number of carbonyl (C=O) groups is 1. The van der Waals surface area contributed by atoms with E-state index in [2.05, 4.69) is 6.92 Å². The highest BCUT2D eigenvalue weighted by atomic mass is 32.2. The lowest BCUT2D eigenvalue weighted by molar-refractivity contribution is -0.143. The van der Waals surface area contributed by atoms with Crippen LogP contribution in [0.15, 0.2) is 35.2 Å². The quantitative estimate of drug-likeness (QED) is 0.870. The molecule has 0 saturated heterocycles. The van der Waals surface area contributed by atoms with Gasteiger partial charge in [-0.05, 0) is 30.9 Å². The minimum atomic E-state index is -0.661. The van der Waals surface area contributed by atoms with Crippen LogP contribution in [-0.2, 0) is 4.79 Å². The second kappa shape index (κ2) is 4.50. The van der Waals surface area contributed by atoms with E-state index in [4.69, 9.17) is 0 Å². The van der Waals surface area contributed by atoms with Crippen LogP contribution in [0.25, 0.3) is 0 Å². The highest BCUT2D eigenvalue weighted by Gasteiger charge is 2.50. The lowest BCUT2D eigenvalue weighted by Gasteiger charge is -2.43. The lowest BCUT2D eigenvalue weighted by Crippen LogP contribution is -2.47. The first-order chi connectivity index (χ1) is 7.66. The summed E-state index contributed by atoms with van der Waals surface area (Å²) >= 11 is 1.51. The Morgan fingerprint density at radius 2 is 2.06 bits per heavy atom. The molecule has 0 bridgehead atoms. The fourth-order valence-electron chi connectivity index (χ4n) is 2.18. The van der Waals surface area contributed by atoms with Crippen molar-refractivity contribution in [2.24, 2.45) is 5.92 Å². The average Bonchev–Trinajstić information content (AvgIpc) is 2.23. The fourth-order valence-corrected chi connectivity index (χ4v) is 3.65. The first-order valence-corrected chi connectivity index (χ1v) is 6.45. The summed E-state index contributed by atoms with van der Waals surface area (Å²) in [4.78, 5) is 12.4. The molecule has 0 heterocycles. The van der Waals surface area contributed by atoms with E-state index in [0.29, 0.717) is 5.92 Å². The Morgan fingerprint density at radius 1 is 1.44 bits per heavy atom. The zero-order chi connectivity index (χ0) is 11.6. The number of benzene rings is 1. The summed E-state index contributed by atoms with van der Waals surface area (Å²) < 4.78 is -0.567. The normalized spacial score (nSPS) is 28.4. The predicted molar refractivity (Wildman–Crippen MR) is 65.7 cm³/mol. The van der Waals surface area contributed by atoms with Crippen molar-refractivity contribution in [1.29, 1.82) is 0 Å². The van der Waals surface area contributed by atoms with Crippen molar-refractivity contribution in [3.63, 3.8) is 0 Å². The maximum Gasteiger partial charge on any atom is 0.320 e. The Labute approximate surface area is 100 Å². The maximum absolute atomic E-state index is 11.3. The Bertz CT molecular complexity index is 369. The van der Waals surface area contributed by atoms with Gasteiger partial charge >= 0.3 is 5.97 Å². The first kappa shape index (κ1) is 11.5. The first-order valence-electron chi connectivity index (χ1n) is 5.64. The number of carboxylic acids is 1. The van der Waals surface area contributed by atoms with Gasteiger partial charge in [0.1, 0.15) is 4.75 Å². The van der Waals surface area contributed by atoms with Crippen LogP contribution in [0.4, 0.5) is 0 Å². The second-order valence-electron chi connectivity index (χ2n) is 4.40. The number of thioether (sulfide) groups is 1. The van der Waals surface area contributed by atoms with Crippen molar-refractivity contribution in [3.8, 4) is 0 Å². The van der Waals surface area contributed by atoms with E-state index in [0.717, 1.165) is 24.2 Å². The fraction of sp³-hybridized carbons (Fsp3) is 0.462. The van der Waals surface area contributed by atoms with Crippen LogP contribution in [0.3, 0.4) is 0 Å². The minimum absolute atomic E-state index is 0.567. The molecule has 0 spiro atoms. The second-order valence-corrected chi connectivity index (χ2v) is 5.85. The predicted octanol–water partition coefficient (Wildman–Crippen LogP) is 3.42. The van der Waals surface area contributed by atoms with Crippen molar-refractivity contribution in [1.82, 2.24) is 0 Å². The van der Waals surface area contributed by atoms with Gasteiger partial charge in [0.15, 0.2) is 0 Å². The van der Waals surface area contributed by atoms with Crippen LogP contribution in [0, 0.1) is 5.92 Å². The molecule has 0 unspecified atom stereocenters. The lowest BCUT2D eigenvalue weighted by atomic mass is 9.73. The van der Waals surface area contributed by atoms with Crippen molar-refractivity contribution in [2.75, 3.05) is 0 Å². The Hall–Kier alpha value is -0.960. The van der Waals surface area contributed by atoms with E-state index in [-0.39, 0.29) is 0 Å². The third kappa shape index (κ3) is 2.09. The molecule has 2 rings (SSSR count). The van der Waals surface area contributed by atoms with Gasteiger partial charge in [-0.25, -0.2) is 0 Å². The van der Waals surface area contributed by atoms with Crippen molar-refractivity contribution >= 4 is 17.7 Å². The molecule has 1 aliphatic carbocycles. The summed E-state index contributed by atoms with van der Waals surface area (Å²) in [6.45, 7) is 2.13. The van der Waals surface area contributed by atoms with Gasteiger partial charge in [0.2, 0.25) is 0 Å². The Morgan fingerprint density at radius 3 is 2.56 bits per heavy atom. The number of hydrogen-bond donors (Lipinski definition) is 1. The molecular formula is C13H16O2S. The van der Waals surface area contributed by atoms with E-state index < -0.39 is 10.7 Å². The third-order valence-electron chi connectivity index (χ3n) is 3.26. The van der Waals surface area contributed by atoms with E-state index in [1.165, 1.54) is 11.8 Å². The Kier molecular flexibility index (Phi) is 3.24. The van der Waals surface area contributed by atoms with Gasteiger partial charge in [0.05, 0.1) is 0 Å². The zero-order valence-corrected chi connectivity index (χ0v) is 10.2. The smallest absolute Gasteiger partial charge is 0.320 e. The van der Waals surface area contributed by atoms with Crippen LogP contribution in [0.2, 0.25) is 0 Å². The van der Waals surface area contributed by atoms with Gasteiger partial charge in [-0.2, -0.15) is 0 Å². The number of rotatable bonds is 4. The molecule has 1 fully saturated rings. The minimum Gasteiger partial charge on any atom is -0.480 e. The van der Waals surface area contributed by atoms with E-state index in [1.54, 1.807) is 0 Å². The molecule has 0 aliphatic heterocycles. The molecule has 1 saturated carbocycles. The number of aliphatic carboxylic acids is 1. The molecule has 1 aliphatic rings. The molecule has 3 heteroatoms. The molecule has 0 amide bonds. The molecule has 2 nitrogen and oxygen atoms in total. The van der Waals surface area contributed by atoms with Gasteiger partial charge in [-0.1, -0.05) is 31.5 Å². The van der Waals surface area contributed by atoms with E-state index >= 15 is 0 Å². The molecule has 1 aromatic rings. The van der Waals surface area contributed by atoms with Crippen molar-refractivity contribution in [3.05, 3.63) is 30.3 Å². The summed E-state index contributed by atoms with van der Waals surface area (Å²) in [7, 11) is 0. The highest BCUT2D eigenvalue weighted by molar-refractivity contribution is 8.01. The molecule has 1 aromatic carbocycles. The molecule has 86 valence electrons. The molecule has 0 atom stereocenters. The SMILES string of the molecule is CCC1CC(Sc2ccccc2)(C(=O)O)C1. The van der Waals surface area contributed by atoms with E-state index in [1.807, 2.05) is 30.3 Å². The molecule has 1 N–H and O–H groups in total. The standard InChI is InChI=1S/C13H16O2S/c1-2-10-8-13(9-10,12(14)15)16-11-6-4-3-5-7-11/h3-7,10H,2,8-9H2,1H3,(H,14,15). The van der Waals surface area contributed by atoms with Crippen LogP contribution in [0.1, 0.15) is 26.2 Å². The van der Waals surface area contributed by atoms with Gasteiger partial charge in [-0.15, -0.1) is 11.8 Å². The largest absolute Gasteiger partial charge is 0.480 e. The molecule has 0 radical (unpaired) electrons. The third-order valence-corrected chi connectivity index (χ3v) is 4.67. The van der Waals surface area contributed by atoms with E-state index in [9.17, 15) is 9.90 Å². The number of carboxylic acid groups (broad SMARTS) is 1. The van der Waals surface area contributed by atoms with Crippen molar-refractivity contribution < 1.29 is 9.90 Å². The highest BCUT2D eigenvalue weighted by Crippen LogP contribution is 2.52. The van der Waals surface area contributed by atoms with Gasteiger partial charge in [0.25, 0.3) is 0 Å². The molecule has 16 heavy (non-hydrogen) atoms. The van der Waals surface area contributed by atoms with Crippen LogP contribution in [0.5, 0.6) is 0 Å². The summed E-state index contributed by atoms with van der Waals surface area (Å²) in [5, 5.41) is 9.34. The van der Waals surface area contributed by atoms with Gasteiger partial charge < -0.3 is 5.11 Å². The maximum atomic E-state index is 11.3. The summed E-state index contributed by atoms with van der Waals surface area (Å²) in [6, 6.07) is 9.82. The Balaban J connectivity index is 2.09. The summed E-state index contributed by atoms with van der Waals surface area (Å²) in [5.41, 5.74) is 0. The van der Waals surface area contributed by atoms with Crippen molar-refractivity contribution in [2.45, 2.75) is 35.8 Å². The van der Waals surface area contributed by atoms with Gasteiger partial charge in [0, 0.05) is 4.90 Å². The monoisotopic (exact) mass is 236 g/mol.